The third-order valence-electron chi connectivity index (χ3n) is 7.62. The van der Waals surface area contributed by atoms with Crippen LogP contribution in [0.3, 0.4) is 0 Å². The van der Waals surface area contributed by atoms with Gasteiger partial charge in [-0.3, -0.25) is 10.2 Å². The molecule has 0 spiro atoms. The molecule has 8 nitrogen and oxygen atoms in total. The largest absolute Gasteiger partial charge is 0.447 e. The minimum Gasteiger partial charge on any atom is -0.447 e. The Hall–Kier alpha value is -1.38. The first-order valence-electron chi connectivity index (χ1n) is 12.0. The van der Waals surface area contributed by atoms with Crippen molar-refractivity contribution in [2.24, 2.45) is 17.3 Å². The Balaban J connectivity index is 1.44. The molecule has 1 aliphatic carbocycles. The highest BCUT2D eigenvalue weighted by atomic mass is 16.6. The smallest absolute Gasteiger partial charge is 0.410 e. The number of rotatable bonds is 4. The van der Waals surface area contributed by atoms with Crippen LogP contribution < -0.4 is 5.43 Å². The summed E-state index contributed by atoms with van der Waals surface area (Å²) in [6, 6.07) is 0.148. The Morgan fingerprint density at radius 3 is 2.52 bits per heavy atom. The summed E-state index contributed by atoms with van der Waals surface area (Å²) >= 11 is 0. The molecular weight excluding hydrogens is 396 g/mol. The third-order valence-corrected chi connectivity index (χ3v) is 7.62. The van der Waals surface area contributed by atoms with E-state index in [2.05, 4.69) is 17.4 Å². The van der Waals surface area contributed by atoms with E-state index in [4.69, 9.17) is 9.47 Å². The molecule has 0 aromatic carbocycles. The zero-order valence-electron chi connectivity index (χ0n) is 19.8. The summed E-state index contributed by atoms with van der Waals surface area (Å²) < 4.78 is 11.0. The van der Waals surface area contributed by atoms with Crippen molar-refractivity contribution < 1.29 is 19.1 Å². The van der Waals surface area contributed by atoms with Gasteiger partial charge in [-0.15, -0.1) is 0 Å². The summed E-state index contributed by atoms with van der Waals surface area (Å²) in [6.45, 7) is 15.1. The van der Waals surface area contributed by atoms with E-state index in [1.165, 1.54) is 0 Å². The lowest BCUT2D eigenvalue weighted by Gasteiger charge is -2.54. The highest BCUT2D eigenvalue weighted by Crippen LogP contribution is 2.40. The van der Waals surface area contributed by atoms with Gasteiger partial charge in [0.05, 0.1) is 31.4 Å². The van der Waals surface area contributed by atoms with Crippen molar-refractivity contribution in [3.05, 3.63) is 0 Å². The first-order chi connectivity index (χ1) is 14.7. The van der Waals surface area contributed by atoms with Gasteiger partial charge in [-0.05, 0) is 51.9 Å². The summed E-state index contributed by atoms with van der Waals surface area (Å²) in [4.78, 5) is 29.3. The first kappa shape index (κ1) is 22.8. The maximum atomic E-state index is 12.9. The van der Waals surface area contributed by atoms with Crippen LogP contribution in [0.5, 0.6) is 0 Å². The lowest BCUT2D eigenvalue weighted by Crippen LogP contribution is -2.67. The molecule has 1 N–H and O–H groups in total. The van der Waals surface area contributed by atoms with Crippen molar-refractivity contribution in [1.82, 2.24) is 20.2 Å². The van der Waals surface area contributed by atoms with Crippen molar-refractivity contribution in [3.63, 3.8) is 0 Å². The summed E-state index contributed by atoms with van der Waals surface area (Å²) in [5, 5.41) is 2.37. The molecule has 4 aliphatic rings. The van der Waals surface area contributed by atoms with Gasteiger partial charge in [0.1, 0.15) is 0 Å². The van der Waals surface area contributed by atoms with Gasteiger partial charge in [0.15, 0.2) is 0 Å². The van der Waals surface area contributed by atoms with Gasteiger partial charge < -0.3 is 19.3 Å². The molecular formula is C23H40N4O4. The second kappa shape index (κ2) is 8.87. The van der Waals surface area contributed by atoms with E-state index in [9.17, 15) is 9.59 Å². The van der Waals surface area contributed by atoms with Crippen molar-refractivity contribution in [2.45, 2.75) is 78.1 Å². The lowest BCUT2D eigenvalue weighted by atomic mass is 9.73. The van der Waals surface area contributed by atoms with Crippen LogP contribution in [0.4, 0.5) is 4.79 Å². The highest BCUT2D eigenvalue weighted by molar-refractivity contribution is 5.75. The van der Waals surface area contributed by atoms with Crippen LogP contribution in [0.1, 0.15) is 53.9 Å². The van der Waals surface area contributed by atoms with Crippen LogP contribution >= 0.6 is 0 Å². The average Bonchev–Trinajstić information content (AvgIpc) is 3.13. The topological polar surface area (TPSA) is 74.4 Å². The Morgan fingerprint density at radius 1 is 1.16 bits per heavy atom. The molecule has 4 fully saturated rings. The molecule has 0 aromatic rings. The molecule has 3 saturated heterocycles. The molecule has 8 heteroatoms. The first-order valence-corrected chi connectivity index (χ1v) is 12.0. The Labute approximate surface area is 186 Å². The molecule has 176 valence electrons. The van der Waals surface area contributed by atoms with Crippen LogP contribution in [0.15, 0.2) is 0 Å². The average molecular weight is 437 g/mol. The fourth-order valence-electron chi connectivity index (χ4n) is 6.21. The van der Waals surface area contributed by atoms with Gasteiger partial charge >= 0.3 is 6.09 Å². The number of hydrogen-bond donors (Lipinski definition) is 1. The van der Waals surface area contributed by atoms with E-state index >= 15 is 0 Å². The Kier molecular flexibility index (Phi) is 6.52. The molecule has 31 heavy (non-hydrogen) atoms. The Morgan fingerprint density at radius 2 is 1.90 bits per heavy atom. The minimum absolute atomic E-state index is 0.0177. The van der Waals surface area contributed by atoms with E-state index in [-0.39, 0.29) is 41.6 Å². The standard InChI is InChI=1S/C23H40N4O4/c1-15(2)31-22(29)26-10-16(3)27(17(4)28)20-7-6-18(8-21(20)26)19-9-24-25(11-19)12-23(5)13-30-14-23/h15-16,18-21,24H,6-14H2,1-5H3/t16-,18?,19?,20?,21?/m0/s1. The normalized spacial score (nSPS) is 35.6. The maximum Gasteiger partial charge on any atom is 0.410 e. The molecule has 4 unspecified atom stereocenters. The van der Waals surface area contributed by atoms with E-state index in [1.54, 1.807) is 6.92 Å². The summed E-state index contributed by atoms with van der Waals surface area (Å²) in [5.41, 5.74) is 3.86. The van der Waals surface area contributed by atoms with Gasteiger partial charge in [-0.1, -0.05) is 6.92 Å². The van der Waals surface area contributed by atoms with Crippen LogP contribution in [-0.4, -0.2) is 90.4 Å². The van der Waals surface area contributed by atoms with Gasteiger partial charge in [-0.2, -0.15) is 0 Å². The number of nitrogens with zero attached hydrogens (tertiary/aromatic N) is 3. The van der Waals surface area contributed by atoms with Crippen molar-refractivity contribution in [3.8, 4) is 0 Å². The third kappa shape index (κ3) is 4.71. The van der Waals surface area contributed by atoms with Crippen LogP contribution in [0.25, 0.3) is 0 Å². The van der Waals surface area contributed by atoms with Gasteiger partial charge in [-0.25, -0.2) is 9.80 Å². The van der Waals surface area contributed by atoms with Gasteiger partial charge in [0.2, 0.25) is 5.91 Å². The predicted molar refractivity (Wildman–Crippen MR) is 117 cm³/mol. The number of fused-ring (bicyclic) bond motifs is 1. The lowest BCUT2D eigenvalue weighted by molar-refractivity contribution is -0.142. The molecule has 3 aliphatic heterocycles. The second-order valence-electron chi connectivity index (χ2n) is 10.9. The molecule has 1 saturated carbocycles. The zero-order valence-corrected chi connectivity index (χ0v) is 19.8. The fraction of sp³-hybridized carbons (Fsp3) is 0.913. The number of hydrazine groups is 1. The number of nitrogens with one attached hydrogen (secondary N) is 1. The van der Waals surface area contributed by atoms with Gasteiger partial charge in [0.25, 0.3) is 0 Å². The van der Waals surface area contributed by atoms with Gasteiger partial charge in [0, 0.05) is 44.6 Å². The molecule has 5 atom stereocenters. The fourth-order valence-corrected chi connectivity index (χ4v) is 6.21. The molecule has 4 rings (SSSR count). The van der Waals surface area contributed by atoms with Crippen LogP contribution in [0, 0.1) is 17.3 Å². The summed E-state index contributed by atoms with van der Waals surface area (Å²) in [7, 11) is 0. The minimum atomic E-state index is -0.232. The Bertz CT molecular complexity index is 682. The molecule has 0 bridgehead atoms. The van der Waals surface area contributed by atoms with Crippen molar-refractivity contribution >= 4 is 12.0 Å². The number of amides is 2. The number of carbonyl (C=O) groups is 2. The molecule has 2 amide bonds. The van der Waals surface area contributed by atoms with E-state index < -0.39 is 0 Å². The zero-order chi connectivity index (χ0) is 22.3. The predicted octanol–water partition coefficient (Wildman–Crippen LogP) is 2.09. The SMILES string of the molecule is CC(=O)N1C2CCC(C3CNN(CC4(C)COC4)C3)CC2N(C(=O)OC(C)C)C[C@@H]1C. The second-order valence-corrected chi connectivity index (χ2v) is 10.9. The van der Waals surface area contributed by atoms with Crippen LogP contribution in [0.2, 0.25) is 0 Å². The number of piperazine rings is 1. The number of carbonyl (C=O) groups excluding carboxylic acids is 2. The molecule has 0 radical (unpaired) electrons. The summed E-state index contributed by atoms with van der Waals surface area (Å²) in [6.07, 6.45) is 2.62. The molecule has 0 aromatic heterocycles. The quantitative estimate of drug-likeness (QED) is 0.728. The van der Waals surface area contributed by atoms with Crippen LogP contribution in [-0.2, 0) is 14.3 Å². The van der Waals surface area contributed by atoms with Crippen molar-refractivity contribution in [1.29, 1.82) is 0 Å². The van der Waals surface area contributed by atoms with E-state index in [1.807, 2.05) is 30.6 Å². The number of ether oxygens (including phenoxy) is 2. The van der Waals surface area contributed by atoms with Crippen molar-refractivity contribution in [2.75, 3.05) is 39.4 Å². The maximum absolute atomic E-state index is 12.9. The molecule has 3 heterocycles. The summed E-state index contributed by atoms with van der Waals surface area (Å²) in [5.74, 6) is 1.22. The van der Waals surface area contributed by atoms with E-state index in [0.717, 1.165) is 52.1 Å². The monoisotopic (exact) mass is 436 g/mol. The van der Waals surface area contributed by atoms with E-state index in [0.29, 0.717) is 18.4 Å². The highest BCUT2D eigenvalue weighted by Gasteiger charge is 2.48. The number of hydrogen-bond acceptors (Lipinski definition) is 6.